The molecule has 204 valence electrons. The molecule has 1 atom stereocenters. The quantitative estimate of drug-likeness (QED) is 0.279. The molecule has 3 aromatic heterocycles. The maximum Gasteiger partial charge on any atom is 0.411 e. The molecular weight excluding hydrogens is 510 g/mol. The van der Waals surface area contributed by atoms with Gasteiger partial charge in [-0.1, -0.05) is 12.1 Å². The van der Waals surface area contributed by atoms with Gasteiger partial charge in [0.2, 0.25) is 5.91 Å². The van der Waals surface area contributed by atoms with Gasteiger partial charge in [-0.2, -0.15) is 0 Å². The van der Waals surface area contributed by atoms with Gasteiger partial charge in [-0.15, -0.1) is 0 Å². The Balaban J connectivity index is 1.17. The Bertz CT molecular complexity index is 1650. The van der Waals surface area contributed by atoms with E-state index in [1.165, 1.54) is 6.20 Å². The highest BCUT2D eigenvalue weighted by molar-refractivity contribution is 6.06. The molecule has 1 saturated heterocycles. The number of anilines is 3. The Morgan fingerprint density at radius 1 is 1.12 bits per heavy atom. The van der Waals surface area contributed by atoms with Crippen molar-refractivity contribution in [1.82, 2.24) is 19.9 Å². The van der Waals surface area contributed by atoms with Crippen molar-refractivity contribution in [1.29, 1.82) is 0 Å². The van der Waals surface area contributed by atoms with Crippen molar-refractivity contribution in [3.05, 3.63) is 65.6 Å². The third kappa shape index (κ3) is 5.23. The molecular formula is C29H29N7O4. The number of nitrogens with zero attached hydrogens (tertiary/aromatic N) is 3. The number of hydrogen-bond donors (Lipinski definition) is 4. The van der Waals surface area contributed by atoms with Crippen LogP contribution in [0.5, 0.6) is 0 Å². The summed E-state index contributed by atoms with van der Waals surface area (Å²) < 4.78 is 5.00. The van der Waals surface area contributed by atoms with Crippen molar-refractivity contribution >= 4 is 46.0 Å². The maximum atomic E-state index is 13.1. The maximum absolute atomic E-state index is 13.1. The summed E-state index contributed by atoms with van der Waals surface area (Å²) in [5.41, 5.74) is 5.93. The topological polar surface area (TPSA) is 141 Å². The Hall–Kier alpha value is -4.77. The Labute approximate surface area is 230 Å². The van der Waals surface area contributed by atoms with E-state index in [9.17, 15) is 14.4 Å². The van der Waals surface area contributed by atoms with E-state index in [4.69, 9.17) is 4.74 Å². The number of carbonyl (C=O) groups excluding carboxylic acids is 3. The number of benzene rings is 1. The first-order chi connectivity index (χ1) is 19.3. The number of cyclic esters (lactones) is 1. The SMILES string of the molecule is Cc1ncc(NC(=O)CN2CCC[C@@H]2C)cc1NC(=O)c1cnc2[nH]c(-c3ccc4c(c3)NC(=O)OC4)cc2c1. The monoisotopic (exact) mass is 539 g/mol. The Kier molecular flexibility index (Phi) is 6.64. The third-order valence-corrected chi connectivity index (χ3v) is 7.40. The number of rotatable bonds is 6. The molecule has 0 saturated carbocycles. The minimum absolute atomic E-state index is 0.107. The van der Waals surface area contributed by atoms with Crippen molar-refractivity contribution in [3.8, 4) is 11.3 Å². The fourth-order valence-corrected chi connectivity index (χ4v) is 5.11. The lowest BCUT2D eigenvalue weighted by molar-refractivity contribution is -0.117. The second-order valence-electron chi connectivity index (χ2n) is 10.2. The highest BCUT2D eigenvalue weighted by Crippen LogP contribution is 2.30. The second kappa shape index (κ2) is 10.4. The van der Waals surface area contributed by atoms with Gasteiger partial charge >= 0.3 is 6.09 Å². The fourth-order valence-electron chi connectivity index (χ4n) is 5.11. The largest absolute Gasteiger partial charge is 0.444 e. The van der Waals surface area contributed by atoms with Crippen molar-refractivity contribution in [2.24, 2.45) is 0 Å². The standard InChI is InChI=1S/C29H29N7O4/c1-16-4-3-7-36(16)14-26(37)32-22-11-23(17(2)30-13-22)34-28(38)21-8-20-10-24(33-27(20)31-12-21)18-5-6-19-15-40-29(39)35-25(19)9-18/h5-6,8-13,16H,3-4,7,14-15H2,1-2H3,(H,31,33)(H,32,37)(H,34,38)(H,35,39)/t16-/m0/s1. The highest BCUT2D eigenvalue weighted by Gasteiger charge is 2.22. The molecule has 1 aromatic carbocycles. The van der Waals surface area contributed by atoms with Crippen molar-refractivity contribution < 1.29 is 19.1 Å². The van der Waals surface area contributed by atoms with Gasteiger partial charge in [0, 0.05) is 34.4 Å². The van der Waals surface area contributed by atoms with E-state index in [1.54, 1.807) is 25.3 Å². The van der Waals surface area contributed by atoms with Gasteiger partial charge < -0.3 is 20.4 Å². The third-order valence-electron chi connectivity index (χ3n) is 7.40. The summed E-state index contributed by atoms with van der Waals surface area (Å²) in [6.45, 7) is 5.41. The normalized spacial score (nSPS) is 16.8. The van der Waals surface area contributed by atoms with E-state index < -0.39 is 6.09 Å². The molecule has 0 radical (unpaired) electrons. The van der Waals surface area contributed by atoms with E-state index >= 15 is 0 Å². The van der Waals surface area contributed by atoms with Gasteiger partial charge in [0.25, 0.3) is 5.91 Å². The van der Waals surface area contributed by atoms with Crippen molar-refractivity contribution in [2.75, 3.05) is 29.0 Å². The summed E-state index contributed by atoms with van der Waals surface area (Å²) in [6.07, 6.45) is 4.82. The van der Waals surface area contributed by atoms with Crippen LogP contribution in [0, 0.1) is 6.92 Å². The average Bonchev–Trinajstić information content (AvgIpc) is 3.55. The summed E-state index contributed by atoms with van der Waals surface area (Å²) in [7, 11) is 0. The number of amides is 3. The van der Waals surface area contributed by atoms with Gasteiger partial charge in [-0.3, -0.25) is 24.8 Å². The molecule has 0 bridgehead atoms. The predicted molar refractivity (Wildman–Crippen MR) is 151 cm³/mol. The number of aromatic amines is 1. The highest BCUT2D eigenvalue weighted by atomic mass is 16.5. The lowest BCUT2D eigenvalue weighted by Crippen LogP contribution is -2.35. The van der Waals surface area contributed by atoms with Gasteiger partial charge in [-0.05, 0) is 57.5 Å². The summed E-state index contributed by atoms with van der Waals surface area (Å²) in [5.74, 6) is -0.447. The summed E-state index contributed by atoms with van der Waals surface area (Å²) in [4.78, 5) is 51.5. The molecule has 0 unspecified atom stereocenters. The molecule has 4 aromatic rings. The predicted octanol–water partition coefficient (Wildman–Crippen LogP) is 4.67. The van der Waals surface area contributed by atoms with Gasteiger partial charge in [0.1, 0.15) is 12.3 Å². The number of hydrogen-bond acceptors (Lipinski definition) is 7. The minimum atomic E-state index is -0.478. The van der Waals surface area contributed by atoms with E-state index in [2.05, 4.69) is 42.7 Å². The lowest BCUT2D eigenvalue weighted by atomic mass is 10.1. The molecule has 2 aliphatic rings. The van der Waals surface area contributed by atoms with Crippen LogP contribution in [-0.2, 0) is 16.1 Å². The number of nitrogens with one attached hydrogen (secondary N) is 4. The Morgan fingerprint density at radius 2 is 2.00 bits per heavy atom. The van der Waals surface area contributed by atoms with Crippen LogP contribution in [0.25, 0.3) is 22.3 Å². The molecule has 3 amide bonds. The molecule has 6 rings (SSSR count). The Morgan fingerprint density at radius 3 is 2.83 bits per heavy atom. The summed E-state index contributed by atoms with van der Waals surface area (Å²) >= 11 is 0. The van der Waals surface area contributed by atoms with Crippen LogP contribution >= 0.6 is 0 Å². The molecule has 1 fully saturated rings. The van der Waals surface area contributed by atoms with Crippen molar-refractivity contribution in [3.63, 3.8) is 0 Å². The molecule has 0 spiro atoms. The van der Waals surface area contributed by atoms with E-state index in [0.717, 1.165) is 41.6 Å². The van der Waals surface area contributed by atoms with E-state index in [1.807, 2.05) is 24.3 Å². The lowest BCUT2D eigenvalue weighted by Gasteiger charge is -2.20. The number of H-pyrrole nitrogens is 1. The van der Waals surface area contributed by atoms with Crippen LogP contribution in [-0.4, -0.2) is 56.9 Å². The van der Waals surface area contributed by atoms with Crippen LogP contribution in [0.2, 0.25) is 0 Å². The smallest absolute Gasteiger partial charge is 0.411 e. The number of aryl methyl sites for hydroxylation is 1. The molecule has 5 heterocycles. The number of carbonyl (C=O) groups is 3. The summed E-state index contributed by atoms with van der Waals surface area (Å²) in [5, 5.41) is 9.27. The van der Waals surface area contributed by atoms with Gasteiger partial charge in [0.05, 0.1) is 41.1 Å². The van der Waals surface area contributed by atoms with Crippen LogP contribution in [0.3, 0.4) is 0 Å². The average molecular weight is 540 g/mol. The summed E-state index contributed by atoms with van der Waals surface area (Å²) in [6, 6.07) is 11.5. The number of likely N-dealkylation sites (tertiary alicyclic amines) is 1. The first kappa shape index (κ1) is 25.5. The van der Waals surface area contributed by atoms with Crippen molar-refractivity contribution in [2.45, 2.75) is 39.3 Å². The first-order valence-corrected chi connectivity index (χ1v) is 13.2. The molecule has 2 aliphatic heterocycles. The number of aromatic nitrogens is 3. The van der Waals surface area contributed by atoms with Crippen LogP contribution < -0.4 is 16.0 Å². The van der Waals surface area contributed by atoms with Crippen LogP contribution in [0.15, 0.2) is 48.8 Å². The minimum Gasteiger partial charge on any atom is -0.444 e. The molecule has 11 heteroatoms. The van der Waals surface area contributed by atoms with E-state index in [-0.39, 0.29) is 18.4 Å². The zero-order chi connectivity index (χ0) is 27.8. The van der Waals surface area contributed by atoms with Gasteiger partial charge in [0.15, 0.2) is 0 Å². The zero-order valence-corrected chi connectivity index (χ0v) is 22.2. The van der Waals surface area contributed by atoms with E-state index in [0.29, 0.717) is 46.6 Å². The first-order valence-electron chi connectivity index (χ1n) is 13.2. The molecule has 40 heavy (non-hydrogen) atoms. The fraction of sp³-hybridized carbons (Fsp3) is 0.276. The molecule has 11 nitrogen and oxygen atoms in total. The van der Waals surface area contributed by atoms with Gasteiger partial charge in [-0.25, -0.2) is 9.78 Å². The number of fused-ring (bicyclic) bond motifs is 2. The zero-order valence-electron chi connectivity index (χ0n) is 22.2. The second-order valence-corrected chi connectivity index (χ2v) is 10.2. The van der Waals surface area contributed by atoms with Crippen LogP contribution in [0.1, 0.15) is 41.4 Å². The van der Waals surface area contributed by atoms with Crippen LogP contribution in [0.4, 0.5) is 21.9 Å². The number of ether oxygens (including phenoxy) is 1. The molecule has 0 aliphatic carbocycles. The molecule has 4 N–H and O–H groups in total. The number of pyridine rings is 2.